The number of hydrogen-bond donors (Lipinski definition) is 0. The molecule has 3 heterocycles. The van der Waals surface area contributed by atoms with Gasteiger partial charge < -0.3 is 9.80 Å². The zero-order chi connectivity index (χ0) is 21.0. The van der Waals surface area contributed by atoms with E-state index in [0.717, 1.165) is 56.9 Å². The second-order valence-corrected chi connectivity index (χ2v) is 9.81. The number of benzene rings is 1. The number of amides is 1. The van der Waals surface area contributed by atoms with Gasteiger partial charge in [-0.2, -0.15) is 0 Å². The van der Waals surface area contributed by atoms with Crippen molar-refractivity contribution in [2.45, 2.75) is 49.8 Å². The van der Waals surface area contributed by atoms with Crippen LogP contribution in [0.3, 0.4) is 0 Å². The summed E-state index contributed by atoms with van der Waals surface area (Å²) in [6, 6.07) is 11.1. The predicted molar refractivity (Wildman–Crippen MR) is 123 cm³/mol. The lowest BCUT2D eigenvalue weighted by atomic mass is 10.1. The number of piperidine rings is 1. The number of carbonyl (C=O) groups excluding carboxylic acids is 1. The number of anilines is 1. The van der Waals surface area contributed by atoms with Crippen molar-refractivity contribution in [3.63, 3.8) is 0 Å². The summed E-state index contributed by atoms with van der Waals surface area (Å²) in [7, 11) is 0. The largest absolute Gasteiger partial charge is 0.341 e. The first kappa shape index (κ1) is 20.8. The van der Waals surface area contributed by atoms with Crippen LogP contribution in [0.1, 0.15) is 43.7 Å². The molecule has 1 aromatic heterocycles. The molecule has 31 heavy (non-hydrogen) atoms. The summed E-state index contributed by atoms with van der Waals surface area (Å²) < 4.78 is 2.31. The third kappa shape index (κ3) is 5.06. The van der Waals surface area contributed by atoms with Crippen LogP contribution in [0.25, 0.3) is 0 Å². The Kier molecular flexibility index (Phi) is 6.45. The van der Waals surface area contributed by atoms with Crippen molar-refractivity contribution >= 4 is 23.6 Å². The summed E-state index contributed by atoms with van der Waals surface area (Å²) in [6.07, 6.45) is 6.17. The Hall–Kier alpha value is -2.06. The molecule has 0 bridgehead atoms. The molecular weight excluding hydrogens is 408 g/mol. The van der Waals surface area contributed by atoms with E-state index >= 15 is 0 Å². The van der Waals surface area contributed by atoms with Crippen molar-refractivity contribution in [1.29, 1.82) is 0 Å². The van der Waals surface area contributed by atoms with Gasteiger partial charge in [0.05, 0.1) is 5.75 Å². The topological polar surface area (TPSA) is 57.5 Å². The van der Waals surface area contributed by atoms with Crippen LogP contribution in [0.2, 0.25) is 0 Å². The van der Waals surface area contributed by atoms with Gasteiger partial charge in [0.15, 0.2) is 5.16 Å². The maximum Gasteiger partial charge on any atom is 0.233 e. The van der Waals surface area contributed by atoms with Crippen LogP contribution in [0.5, 0.6) is 0 Å². The normalized spacial score (nSPS) is 20.3. The minimum atomic E-state index is 0.217. The van der Waals surface area contributed by atoms with Crippen LogP contribution in [-0.4, -0.2) is 75.5 Å². The second kappa shape index (κ2) is 9.61. The van der Waals surface area contributed by atoms with Crippen LogP contribution in [0.15, 0.2) is 35.5 Å². The van der Waals surface area contributed by atoms with Gasteiger partial charge in [-0.25, -0.2) is 0 Å². The van der Waals surface area contributed by atoms with Gasteiger partial charge in [-0.05, 0) is 37.7 Å². The summed E-state index contributed by atoms with van der Waals surface area (Å²) in [5, 5.41) is 9.93. The molecule has 166 valence electrons. The summed E-state index contributed by atoms with van der Waals surface area (Å²) in [4.78, 5) is 19.7. The third-order valence-electron chi connectivity index (χ3n) is 6.50. The fourth-order valence-corrected chi connectivity index (χ4v) is 5.45. The van der Waals surface area contributed by atoms with Crippen LogP contribution < -0.4 is 4.90 Å². The van der Waals surface area contributed by atoms with E-state index < -0.39 is 0 Å². The van der Waals surface area contributed by atoms with Gasteiger partial charge in [0.1, 0.15) is 0 Å². The quantitative estimate of drug-likeness (QED) is 0.617. The number of nitrogens with zero attached hydrogens (tertiary/aromatic N) is 6. The minimum absolute atomic E-state index is 0.217. The highest BCUT2D eigenvalue weighted by Crippen LogP contribution is 2.41. The first-order valence-corrected chi connectivity index (χ1v) is 12.6. The van der Waals surface area contributed by atoms with E-state index in [1.54, 1.807) is 11.8 Å². The fourth-order valence-electron chi connectivity index (χ4n) is 4.54. The molecule has 2 aliphatic heterocycles. The Labute approximate surface area is 188 Å². The summed E-state index contributed by atoms with van der Waals surface area (Å²) in [5.41, 5.74) is 1.33. The van der Waals surface area contributed by atoms with Crippen molar-refractivity contribution in [3.8, 4) is 0 Å². The molecule has 2 saturated heterocycles. The summed E-state index contributed by atoms with van der Waals surface area (Å²) >= 11 is 1.56. The van der Waals surface area contributed by atoms with E-state index in [-0.39, 0.29) is 5.91 Å². The van der Waals surface area contributed by atoms with Crippen molar-refractivity contribution in [1.82, 2.24) is 24.6 Å². The number of piperazine rings is 1. The first-order valence-electron chi connectivity index (χ1n) is 11.6. The molecule has 1 aliphatic carbocycles. The second-order valence-electron chi connectivity index (χ2n) is 8.86. The number of aromatic nitrogens is 3. The van der Waals surface area contributed by atoms with Crippen molar-refractivity contribution in [2.24, 2.45) is 0 Å². The predicted octanol–water partition coefficient (Wildman–Crippen LogP) is 3.04. The molecule has 1 aromatic carbocycles. The maximum absolute atomic E-state index is 12.9. The SMILES string of the molecule is O=C(CSc1nnc(N2CCCCC2)n1C1CC1)N1CCN(Cc2ccccc2)CC1. The Morgan fingerprint density at radius 2 is 1.68 bits per heavy atom. The van der Waals surface area contributed by atoms with Gasteiger partial charge in [0.25, 0.3) is 0 Å². The lowest BCUT2D eigenvalue weighted by Crippen LogP contribution is -2.48. The van der Waals surface area contributed by atoms with Crippen LogP contribution in [0.4, 0.5) is 5.95 Å². The maximum atomic E-state index is 12.9. The van der Waals surface area contributed by atoms with Gasteiger partial charge in [-0.3, -0.25) is 14.3 Å². The van der Waals surface area contributed by atoms with Gasteiger partial charge in [-0.1, -0.05) is 42.1 Å². The molecule has 0 N–H and O–H groups in total. The van der Waals surface area contributed by atoms with Crippen LogP contribution >= 0.6 is 11.8 Å². The van der Waals surface area contributed by atoms with E-state index in [0.29, 0.717) is 11.8 Å². The molecule has 2 aromatic rings. The highest BCUT2D eigenvalue weighted by atomic mass is 32.2. The number of hydrogen-bond acceptors (Lipinski definition) is 6. The molecule has 3 aliphatic rings. The molecule has 1 saturated carbocycles. The van der Waals surface area contributed by atoms with Crippen molar-refractivity contribution in [2.75, 3.05) is 49.9 Å². The van der Waals surface area contributed by atoms with Gasteiger partial charge in [0.2, 0.25) is 11.9 Å². The lowest BCUT2D eigenvalue weighted by molar-refractivity contribution is -0.130. The molecule has 0 radical (unpaired) electrons. The molecule has 7 nitrogen and oxygen atoms in total. The molecule has 1 amide bonds. The third-order valence-corrected chi connectivity index (χ3v) is 7.42. The van der Waals surface area contributed by atoms with E-state index in [2.05, 4.69) is 54.9 Å². The smallest absolute Gasteiger partial charge is 0.233 e. The lowest BCUT2D eigenvalue weighted by Gasteiger charge is -2.34. The average molecular weight is 441 g/mol. The highest BCUT2D eigenvalue weighted by Gasteiger charge is 2.32. The first-order chi connectivity index (χ1) is 15.3. The Morgan fingerprint density at radius 1 is 0.935 bits per heavy atom. The van der Waals surface area contributed by atoms with E-state index in [9.17, 15) is 4.79 Å². The molecule has 3 fully saturated rings. The van der Waals surface area contributed by atoms with Crippen molar-refractivity contribution < 1.29 is 4.79 Å². The zero-order valence-electron chi connectivity index (χ0n) is 18.2. The van der Waals surface area contributed by atoms with Gasteiger partial charge in [0, 0.05) is 51.9 Å². The fraction of sp³-hybridized carbons (Fsp3) is 0.609. The van der Waals surface area contributed by atoms with Crippen LogP contribution in [0, 0.1) is 0 Å². The summed E-state index contributed by atoms with van der Waals surface area (Å²) in [6.45, 7) is 6.58. The molecular formula is C23H32N6OS. The van der Waals surface area contributed by atoms with Gasteiger partial charge >= 0.3 is 0 Å². The average Bonchev–Trinajstić information content (AvgIpc) is 3.58. The van der Waals surface area contributed by atoms with E-state index in [4.69, 9.17) is 0 Å². The van der Waals surface area contributed by atoms with E-state index in [1.807, 2.05) is 4.90 Å². The van der Waals surface area contributed by atoms with Gasteiger partial charge in [-0.15, -0.1) is 10.2 Å². The molecule has 0 atom stereocenters. The minimum Gasteiger partial charge on any atom is -0.341 e. The zero-order valence-corrected chi connectivity index (χ0v) is 19.0. The Morgan fingerprint density at radius 3 is 2.39 bits per heavy atom. The molecule has 8 heteroatoms. The molecule has 0 spiro atoms. The standard InChI is InChI=1S/C23H32N6OS/c30-21(27-15-13-26(14-16-27)17-19-7-3-1-4-8-19)18-31-23-25-24-22(29(23)20-9-10-20)28-11-5-2-6-12-28/h1,3-4,7-8,20H,2,5-6,9-18H2. The number of rotatable bonds is 7. The Balaban J connectivity index is 1.14. The van der Waals surface area contributed by atoms with E-state index in [1.165, 1.54) is 37.7 Å². The highest BCUT2D eigenvalue weighted by molar-refractivity contribution is 7.99. The molecule has 0 unspecified atom stereocenters. The van der Waals surface area contributed by atoms with Crippen LogP contribution in [-0.2, 0) is 11.3 Å². The number of thioether (sulfide) groups is 1. The number of carbonyl (C=O) groups is 1. The van der Waals surface area contributed by atoms with Crippen molar-refractivity contribution in [3.05, 3.63) is 35.9 Å². The monoisotopic (exact) mass is 440 g/mol. The summed E-state index contributed by atoms with van der Waals surface area (Å²) in [5.74, 6) is 1.68. The molecule has 5 rings (SSSR count). The Bertz CT molecular complexity index is 869.